The van der Waals surface area contributed by atoms with Crippen molar-refractivity contribution < 1.29 is 4.74 Å². The van der Waals surface area contributed by atoms with Gasteiger partial charge in [0.15, 0.2) is 11.8 Å². The Hall–Kier alpha value is -0.940. The molecular formula is C16H30IN7O. The quantitative estimate of drug-likeness (QED) is 0.366. The fourth-order valence-corrected chi connectivity index (χ4v) is 3.21. The minimum absolute atomic E-state index is 0. The van der Waals surface area contributed by atoms with E-state index in [0.29, 0.717) is 12.6 Å². The molecular weight excluding hydrogens is 433 g/mol. The Labute approximate surface area is 166 Å². The third kappa shape index (κ3) is 5.52. The van der Waals surface area contributed by atoms with Gasteiger partial charge in [-0.2, -0.15) is 0 Å². The zero-order valence-electron chi connectivity index (χ0n) is 15.2. The largest absolute Gasteiger partial charge is 0.379 e. The van der Waals surface area contributed by atoms with E-state index in [-0.39, 0.29) is 24.0 Å². The lowest BCUT2D eigenvalue weighted by atomic mass is 10.2. The molecule has 0 bridgehead atoms. The smallest absolute Gasteiger partial charge is 0.191 e. The van der Waals surface area contributed by atoms with Crippen LogP contribution in [0.1, 0.15) is 31.9 Å². The van der Waals surface area contributed by atoms with Gasteiger partial charge in [0.1, 0.15) is 12.4 Å². The van der Waals surface area contributed by atoms with Crippen LogP contribution in [-0.4, -0.2) is 71.1 Å². The number of guanidine groups is 1. The number of ether oxygens (including phenoxy) is 1. The number of aliphatic imine (C=N–C) groups is 1. The van der Waals surface area contributed by atoms with Gasteiger partial charge in [0.25, 0.3) is 0 Å². The number of aryl methyl sites for hydroxylation is 1. The summed E-state index contributed by atoms with van der Waals surface area (Å²) in [5.41, 5.74) is 0. The van der Waals surface area contributed by atoms with Crippen LogP contribution in [0.4, 0.5) is 0 Å². The summed E-state index contributed by atoms with van der Waals surface area (Å²) in [6.07, 6.45) is 2.20. The predicted molar refractivity (Wildman–Crippen MR) is 108 cm³/mol. The van der Waals surface area contributed by atoms with Gasteiger partial charge < -0.3 is 19.9 Å². The first-order chi connectivity index (χ1) is 11.8. The van der Waals surface area contributed by atoms with Crippen molar-refractivity contribution in [1.29, 1.82) is 0 Å². The maximum Gasteiger partial charge on any atom is 0.191 e. The maximum absolute atomic E-state index is 5.42. The first-order valence-electron chi connectivity index (χ1n) is 9.03. The first kappa shape index (κ1) is 20.4. The molecule has 9 heteroatoms. The Morgan fingerprint density at radius 3 is 2.80 bits per heavy atom. The second-order valence-corrected chi connectivity index (χ2v) is 6.36. The number of nitrogens with one attached hydrogen (secondary N) is 2. The summed E-state index contributed by atoms with van der Waals surface area (Å²) in [5.74, 6) is 2.90. The van der Waals surface area contributed by atoms with Crippen molar-refractivity contribution in [2.75, 3.05) is 39.4 Å². The maximum atomic E-state index is 5.42. The van der Waals surface area contributed by atoms with Gasteiger partial charge in [-0.05, 0) is 20.3 Å². The van der Waals surface area contributed by atoms with Crippen LogP contribution in [0.2, 0.25) is 0 Å². The molecule has 3 rings (SSSR count). The molecule has 0 saturated carbocycles. The predicted octanol–water partition coefficient (Wildman–Crippen LogP) is 0.618. The van der Waals surface area contributed by atoms with Crippen molar-refractivity contribution in [2.24, 2.45) is 4.99 Å². The Kier molecular flexibility index (Phi) is 8.37. The topological polar surface area (TPSA) is 79.6 Å². The average Bonchev–Trinajstić information content (AvgIpc) is 3.22. The summed E-state index contributed by atoms with van der Waals surface area (Å²) in [5, 5.41) is 15.3. The van der Waals surface area contributed by atoms with E-state index in [1.165, 1.54) is 0 Å². The number of hydrogen-bond acceptors (Lipinski definition) is 5. The molecule has 1 aromatic rings. The van der Waals surface area contributed by atoms with Crippen LogP contribution in [0.3, 0.4) is 0 Å². The first-order valence-corrected chi connectivity index (χ1v) is 9.03. The molecule has 3 heterocycles. The minimum Gasteiger partial charge on any atom is -0.379 e. The van der Waals surface area contributed by atoms with Crippen LogP contribution in [-0.2, 0) is 24.2 Å². The van der Waals surface area contributed by atoms with E-state index in [2.05, 4.69) is 49.1 Å². The lowest BCUT2D eigenvalue weighted by molar-refractivity contribution is 0.0211. The van der Waals surface area contributed by atoms with Gasteiger partial charge in [-0.15, -0.1) is 34.2 Å². The summed E-state index contributed by atoms with van der Waals surface area (Å²) >= 11 is 0. The second-order valence-electron chi connectivity index (χ2n) is 6.36. The fraction of sp³-hybridized carbons (Fsp3) is 0.812. The highest BCUT2D eigenvalue weighted by Crippen LogP contribution is 2.14. The zero-order valence-corrected chi connectivity index (χ0v) is 17.5. The van der Waals surface area contributed by atoms with Crippen LogP contribution in [0.25, 0.3) is 0 Å². The number of hydrogen-bond donors (Lipinski definition) is 2. The van der Waals surface area contributed by atoms with Crippen molar-refractivity contribution in [3.05, 3.63) is 11.6 Å². The van der Waals surface area contributed by atoms with Gasteiger partial charge in [-0.3, -0.25) is 4.90 Å². The summed E-state index contributed by atoms with van der Waals surface area (Å²) in [6.45, 7) is 11.3. The van der Waals surface area contributed by atoms with Gasteiger partial charge >= 0.3 is 0 Å². The lowest BCUT2D eigenvalue weighted by Gasteiger charge is -2.32. The van der Waals surface area contributed by atoms with Gasteiger partial charge in [0.2, 0.25) is 0 Å². The monoisotopic (exact) mass is 463 g/mol. The molecule has 1 atom stereocenters. The molecule has 0 amide bonds. The van der Waals surface area contributed by atoms with Crippen molar-refractivity contribution in [3.8, 4) is 0 Å². The van der Waals surface area contributed by atoms with Gasteiger partial charge in [-0.25, -0.2) is 4.99 Å². The summed E-state index contributed by atoms with van der Waals surface area (Å²) in [4.78, 5) is 7.13. The van der Waals surface area contributed by atoms with E-state index in [1.54, 1.807) is 0 Å². The van der Waals surface area contributed by atoms with E-state index < -0.39 is 0 Å². The molecule has 2 N–H and O–H groups in total. The van der Waals surface area contributed by atoms with Crippen molar-refractivity contribution in [2.45, 2.75) is 45.8 Å². The van der Waals surface area contributed by atoms with E-state index in [4.69, 9.17) is 4.74 Å². The second kappa shape index (κ2) is 10.3. The van der Waals surface area contributed by atoms with Gasteiger partial charge in [-0.1, -0.05) is 0 Å². The molecule has 2 aliphatic rings. The SMILES string of the molecule is CCNC(=NCc1nnc2n1CCC2)NCC(C)N1CCOCC1.I. The van der Waals surface area contributed by atoms with Crippen molar-refractivity contribution >= 4 is 29.9 Å². The number of nitrogens with zero attached hydrogens (tertiary/aromatic N) is 5. The number of halogens is 1. The molecule has 25 heavy (non-hydrogen) atoms. The Morgan fingerprint density at radius 2 is 2.04 bits per heavy atom. The molecule has 1 unspecified atom stereocenters. The molecule has 0 radical (unpaired) electrons. The highest BCUT2D eigenvalue weighted by Gasteiger charge is 2.18. The molecule has 2 aliphatic heterocycles. The van der Waals surface area contributed by atoms with Crippen LogP contribution in [0.5, 0.6) is 0 Å². The Balaban J connectivity index is 0.00000225. The number of morpholine rings is 1. The Morgan fingerprint density at radius 1 is 1.24 bits per heavy atom. The number of aromatic nitrogens is 3. The summed E-state index contributed by atoms with van der Waals surface area (Å²) in [6, 6.07) is 0.454. The molecule has 8 nitrogen and oxygen atoms in total. The van der Waals surface area contributed by atoms with Crippen LogP contribution in [0, 0.1) is 0 Å². The lowest BCUT2D eigenvalue weighted by Crippen LogP contribution is -2.49. The molecule has 1 saturated heterocycles. The van der Waals surface area contributed by atoms with Gasteiger partial charge in [0.05, 0.1) is 13.2 Å². The molecule has 0 aromatic carbocycles. The molecule has 0 spiro atoms. The molecule has 0 aliphatic carbocycles. The van der Waals surface area contributed by atoms with Gasteiger partial charge in [0, 0.05) is 45.2 Å². The summed E-state index contributed by atoms with van der Waals surface area (Å²) < 4.78 is 7.61. The van der Waals surface area contributed by atoms with E-state index in [9.17, 15) is 0 Å². The highest BCUT2D eigenvalue weighted by molar-refractivity contribution is 14.0. The molecule has 1 fully saturated rings. The van der Waals surface area contributed by atoms with Crippen LogP contribution >= 0.6 is 24.0 Å². The van der Waals surface area contributed by atoms with Crippen LogP contribution < -0.4 is 10.6 Å². The van der Waals surface area contributed by atoms with Crippen molar-refractivity contribution in [1.82, 2.24) is 30.3 Å². The third-order valence-corrected chi connectivity index (χ3v) is 4.64. The average molecular weight is 463 g/mol. The normalized spacial score (nSPS) is 19.2. The minimum atomic E-state index is 0. The van der Waals surface area contributed by atoms with Crippen molar-refractivity contribution in [3.63, 3.8) is 0 Å². The highest BCUT2D eigenvalue weighted by atomic mass is 127. The summed E-state index contributed by atoms with van der Waals surface area (Å²) in [7, 11) is 0. The Bertz CT molecular complexity index is 557. The third-order valence-electron chi connectivity index (χ3n) is 4.64. The molecule has 142 valence electrons. The number of rotatable bonds is 6. The zero-order chi connectivity index (χ0) is 16.8. The molecule has 1 aromatic heterocycles. The van der Waals surface area contributed by atoms with E-state index in [0.717, 1.165) is 76.4 Å². The van der Waals surface area contributed by atoms with E-state index in [1.807, 2.05) is 0 Å². The number of fused-ring (bicyclic) bond motifs is 1. The standard InChI is InChI=1S/C16H29N7O.HI/c1-3-17-16(18-11-13(2)22-7-9-24-10-8-22)19-12-15-21-20-14-5-4-6-23(14)15;/h13H,3-12H2,1-2H3,(H2,17,18,19);1H. The van der Waals surface area contributed by atoms with E-state index >= 15 is 0 Å². The fourth-order valence-electron chi connectivity index (χ4n) is 3.21. The van der Waals surface area contributed by atoms with Crippen LogP contribution in [0.15, 0.2) is 4.99 Å².